The molecule has 0 heterocycles. The molecule has 0 spiro atoms. The smallest absolute Gasteiger partial charge is 0.201 e. The van der Waals surface area contributed by atoms with Crippen molar-refractivity contribution in [2.24, 2.45) is 28.6 Å². The Hall–Kier alpha value is -1.20. The molecule has 4 N–H and O–H groups in total. The van der Waals surface area contributed by atoms with Crippen LogP contribution in [-0.4, -0.2) is 15.9 Å². The maximum absolute atomic E-state index is 6.22. The van der Waals surface area contributed by atoms with E-state index in [-0.39, 0.29) is 0 Å². The van der Waals surface area contributed by atoms with Crippen molar-refractivity contribution in [1.82, 2.24) is 5.01 Å². The molecule has 0 rings (SSSR count). The van der Waals surface area contributed by atoms with E-state index in [1.165, 1.54) is 18.4 Å². The van der Waals surface area contributed by atoms with Gasteiger partial charge in [0.15, 0.2) is 0 Å². The zero-order chi connectivity index (χ0) is 19.2. The molecule has 0 saturated heterocycles. The second-order valence-electron chi connectivity index (χ2n) is 6.88. The van der Waals surface area contributed by atoms with Crippen LogP contribution in [0, 0.1) is 11.8 Å². The van der Waals surface area contributed by atoms with E-state index >= 15 is 0 Å². The minimum Gasteiger partial charge on any atom is -0.321 e. The average molecular weight is 367 g/mol. The summed E-state index contributed by atoms with van der Waals surface area (Å²) in [6.45, 7) is 13.0. The van der Waals surface area contributed by atoms with Crippen LogP contribution in [0.15, 0.2) is 40.7 Å². The lowest BCUT2D eigenvalue weighted by molar-refractivity contribution is 0.533. The number of hydrazine groups is 1. The Morgan fingerprint density at radius 1 is 1.20 bits per heavy atom. The van der Waals surface area contributed by atoms with Crippen LogP contribution >= 0.6 is 11.8 Å². The fraction of sp³-hybridized carbons (Fsp3) is 0.650. The Kier molecular flexibility index (Phi) is 13.3. The van der Waals surface area contributed by atoms with Crippen molar-refractivity contribution < 1.29 is 0 Å². The quantitative estimate of drug-likeness (QED) is 0.136. The van der Waals surface area contributed by atoms with Gasteiger partial charge in [-0.25, -0.2) is 5.84 Å². The number of nitrogens with two attached hydrogens (primary N) is 2. The molecule has 0 aromatic heterocycles. The number of hydrazone groups is 1. The van der Waals surface area contributed by atoms with Crippen molar-refractivity contribution in [1.29, 1.82) is 0 Å². The Bertz CT molecular complexity index is 476. The first-order valence-electron chi connectivity index (χ1n) is 9.31. The highest BCUT2D eigenvalue weighted by Crippen LogP contribution is 2.19. The molecule has 0 aliphatic heterocycles. The second-order valence-corrected chi connectivity index (χ2v) is 7.87. The van der Waals surface area contributed by atoms with Crippen LogP contribution in [0.4, 0.5) is 0 Å². The van der Waals surface area contributed by atoms with Gasteiger partial charge in [-0.3, -0.25) is 5.01 Å². The van der Waals surface area contributed by atoms with Crippen LogP contribution in [0.3, 0.4) is 0 Å². The zero-order valence-electron chi connectivity index (χ0n) is 17.0. The largest absolute Gasteiger partial charge is 0.321 e. The normalized spacial score (nSPS) is 15.3. The first kappa shape index (κ1) is 23.8. The van der Waals surface area contributed by atoms with Crippen molar-refractivity contribution in [2.75, 3.05) is 5.75 Å². The number of allylic oxidation sites excluding steroid dienone is 6. The van der Waals surface area contributed by atoms with E-state index in [0.717, 1.165) is 24.3 Å². The van der Waals surface area contributed by atoms with Gasteiger partial charge in [0, 0.05) is 11.4 Å². The number of hydrogen-bond donors (Lipinski definition) is 2. The van der Waals surface area contributed by atoms with E-state index in [0.29, 0.717) is 17.0 Å². The molecule has 25 heavy (non-hydrogen) atoms. The van der Waals surface area contributed by atoms with Crippen LogP contribution in [0.25, 0.3) is 0 Å². The van der Waals surface area contributed by atoms with Crippen LogP contribution in [-0.2, 0) is 0 Å². The molecular formula is C20H38N4S. The number of nitrogens with zero attached hydrogens (tertiary/aromatic N) is 2. The fourth-order valence-electron chi connectivity index (χ4n) is 2.30. The Balaban J connectivity index is 4.58. The summed E-state index contributed by atoms with van der Waals surface area (Å²) in [5.41, 5.74) is 2.23. The third-order valence-corrected chi connectivity index (χ3v) is 5.14. The topological polar surface area (TPSA) is 67.6 Å². The van der Waals surface area contributed by atoms with Gasteiger partial charge in [0.05, 0.1) is 0 Å². The molecule has 4 nitrogen and oxygen atoms in total. The lowest BCUT2D eigenvalue weighted by Gasteiger charge is -2.22. The van der Waals surface area contributed by atoms with Gasteiger partial charge >= 0.3 is 0 Å². The lowest BCUT2D eigenvalue weighted by atomic mass is 10.0. The average Bonchev–Trinajstić information content (AvgIpc) is 2.56. The van der Waals surface area contributed by atoms with Crippen molar-refractivity contribution in [3.05, 3.63) is 35.6 Å². The van der Waals surface area contributed by atoms with E-state index in [2.05, 4.69) is 64.9 Å². The van der Waals surface area contributed by atoms with E-state index in [1.54, 1.807) is 16.8 Å². The van der Waals surface area contributed by atoms with Crippen molar-refractivity contribution in [3.8, 4) is 0 Å². The van der Waals surface area contributed by atoms with Gasteiger partial charge in [0.1, 0.15) is 0 Å². The van der Waals surface area contributed by atoms with Gasteiger partial charge in [-0.15, -0.1) is 0 Å². The molecule has 0 amide bonds. The van der Waals surface area contributed by atoms with Gasteiger partial charge in [-0.1, -0.05) is 69.7 Å². The molecule has 0 aromatic rings. The minimum absolute atomic E-state index is 0.548. The van der Waals surface area contributed by atoms with E-state index < -0.39 is 0 Å². The summed E-state index contributed by atoms with van der Waals surface area (Å²) in [5.74, 6) is 13.9. The summed E-state index contributed by atoms with van der Waals surface area (Å²) in [7, 11) is 0. The third kappa shape index (κ3) is 11.1. The maximum atomic E-state index is 6.22. The van der Waals surface area contributed by atoms with Gasteiger partial charge in [0.2, 0.25) is 5.17 Å². The molecule has 1 unspecified atom stereocenters. The van der Waals surface area contributed by atoms with Gasteiger partial charge in [-0.2, -0.15) is 5.10 Å². The number of rotatable bonds is 10. The van der Waals surface area contributed by atoms with E-state index in [4.69, 9.17) is 11.7 Å². The minimum atomic E-state index is 0.548. The molecule has 0 aliphatic carbocycles. The van der Waals surface area contributed by atoms with Gasteiger partial charge in [-0.05, 0) is 51.0 Å². The summed E-state index contributed by atoms with van der Waals surface area (Å²) in [6.07, 6.45) is 13.1. The van der Waals surface area contributed by atoms with Gasteiger partial charge in [0.25, 0.3) is 0 Å². The Morgan fingerprint density at radius 3 is 2.40 bits per heavy atom. The molecule has 5 heteroatoms. The SMILES string of the molecule is CCC[C@@H](C)/C=C/CC(C)CS/C(=N/N)N(N)/C(=C/C=C(C)C)CC. The molecule has 0 bridgehead atoms. The predicted molar refractivity (Wildman–Crippen MR) is 115 cm³/mol. The summed E-state index contributed by atoms with van der Waals surface area (Å²) in [5, 5.41) is 6.15. The molecular weight excluding hydrogens is 328 g/mol. The highest BCUT2D eigenvalue weighted by molar-refractivity contribution is 8.13. The lowest BCUT2D eigenvalue weighted by Crippen LogP contribution is -2.35. The van der Waals surface area contributed by atoms with Crippen LogP contribution in [0.5, 0.6) is 0 Å². The fourth-order valence-corrected chi connectivity index (χ4v) is 3.20. The highest BCUT2D eigenvalue weighted by Gasteiger charge is 2.13. The number of hydrogen-bond acceptors (Lipinski definition) is 4. The highest BCUT2D eigenvalue weighted by atomic mass is 32.2. The summed E-state index contributed by atoms with van der Waals surface area (Å²) in [4.78, 5) is 0. The maximum Gasteiger partial charge on any atom is 0.201 e. The summed E-state index contributed by atoms with van der Waals surface area (Å²) >= 11 is 1.62. The molecule has 0 fully saturated rings. The van der Waals surface area contributed by atoms with Gasteiger partial charge < -0.3 is 5.84 Å². The molecule has 0 aliphatic rings. The van der Waals surface area contributed by atoms with E-state index in [9.17, 15) is 0 Å². The first-order valence-corrected chi connectivity index (χ1v) is 10.3. The molecule has 144 valence electrons. The molecule has 2 atom stereocenters. The second kappa shape index (κ2) is 14.0. The Morgan fingerprint density at radius 2 is 1.88 bits per heavy atom. The summed E-state index contributed by atoms with van der Waals surface area (Å²) in [6, 6.07) is 0. The predicted octanol–water partition coefficient (Wildman–Crippen LogP) is 5.40. The Labute approximate surface area is 159 Å². The van der Waals surface area contributed by atoms with Crippen LogP contribution in [0.1, 0.15) is 67.2 Å². The number of amidine groups is 1. The third-order valence-electron chi connectivity index (χ3n) is 3.84. The van der Waals surface area contributed by atoms with Crippen LogP contribution in [0.2, 0.25) is 0 Å². The van der Waals surface area contributed by atoms with Crippen molar-refractivity contribution >= 4 is 16.9 Å². The van der Waals surface area contributed by atoms with E-state index in [1.807, 2.05) is 6.08 Å². The molecule has 0 saturated carbocycles. The molecule has 0 radical (unpaired) electrons. The zero-order valence-corrected chi connectivity index (χ0v) is 17.8. The standard InChI is InChI=1S/C20H38N4S/c1-7-10-17(5)11-9-12-18(6)15-25-20(23-21)24(22)19(8-2)14-13-16(3)4/h9,11,13-14,17-18H,7-8,10,12,15,21-22H2,1-6H3/b11-9+,19-14+,23-20+/t17-,18?/m1/s1. The summed E-state index contributed by atoms with van der Waals surface area (Å²) < 4.78 is 0. The van der Waals surface area contributed by atoms with Crippen molar-refractivity contribution in [3.63, 3.8) is 0 Å². The first-order chi connectivity index (χ1) is 11.8. The van der Waals surface area contributed by atoms with Crippen molar-refractivity contribution in [2.45, 2.75) is 67.2 Å². The molecule has 0 aromatic carbocycles. The number of thioether (sulfide) groups is 1. The van der Waals surface area contributed by atoms with Crippen LogP contribution < -0.4 is 11.7 Å². The monoisotopic (exact) mass is 366 g/mol.